The maximum Gasteiger partial charge on any atom is 0.238 e. The molecule has 2 fully saturated rings. The number of nitrogens with one attached hydrogen (secondary N) is 1. The van der Waals surface area contributed by atoms with Gasteiger partial charge in [-0.25, -0.2) is 0 Å². The van der Waals surface area contributed by atoms with Crippen LogP contribution in [0.5, 0.6) is 5.75 Å². The molecule has 4 heteroatoms. The summed E-state index contributed by atoms with van der Waals surface area (Å²) in [6, 6.07) is 7.63. The standard InChI is InChI=1S/C18H26N2O2/c1-2-22-17-10-6-5-9-16(17)19-18(21)13-20-11-14-7-3-4-8-15(14)12-20/h5-6,9-10,14-15H,2-4,7-8,11-13H2,1H3,(H,19,21). The number of carbonyl (C=O) groups excluding carboxylic acids is 1. The van der Waals surface area contributed by atoms with Crippen LogP contribution >= 0.6 is 0 Å². The van der Waals surface area contributed by atoms with Crippen molar-refractivity contribution in [3.63, 3.8) is 0 Å². The maximum absolute atomic E-state index is 12.3. The van der Waals surface area contributed by atoms with E-state index in [0.717, 1.165) is 36.4 Å². The second-order valence-electron chi connectivity index (χ2n) is 6.48. The van der Waals surface area contributed by atoms with Gasteiger partial charge in [0.15, 0.2) is 0 Å². The van der Waals surface area contributed by atoms with Crippen molar-refractivity contribution in [3.8, 4) is 5.75 Å². The number of anilines is 1. The molecule has 1 saturated carbocycles. The van der Waals surface area contributed by atoms with Crippen molar-refractivity contribution in [2.24, 2.45) is 11.8 Å². The lowest BCUT2D eigenvalue weighted by Gasteiger charge is -2.23. The fraction of sp³-hybridized carbons (Fsp3) is 0.611. The van der Waals surface area contributed by atoms with E-state index in [-0.39, 0.29) is 5.91 Å². The van der Waals surface area contributed by atoms with Crippen molar-refractivity contribution in [1.82, 2.24) is 4.90 Å². The fourth-order valence-corrected chi connectivity index (χ4v) is 3.88. The minimum atomic E-state index is 0.0609. The molecule has 1 heterocycles. The molecule has 120 valence electrons. The number of likely N-dealkylation sites (tertiary alicyclic amines) is 1. The largest absolute Gasteiger partial charge is 0.492 e. The predicted octanol–water partition coefficient (Wildman–Crippen LogP) is 3.15. The number of para-hydroxylation sites is 2. The summed E-state index contributed by atoms with van der Waals surface area (Å²) in [7, 11) is 0. The third-order valence-corrected chi connectivity index (χ3v) is 4.88. The molecule has 2 aliphatic rings. The Hall–Kier alpha value is -1.55. The monoisotopic (exact) mass is 302 g/mol. The normalized spacial score (nSPS) is 24.8. The molecule has 22 heavy (non-hydrogen) atoms. The number of hydrogen-bond donors (Lipinski definition) is 1. The van der Waals surface area contributed by atoms with Crippen LogP contribution in [0.3, 0.4) is 0 Å². The Morgan fingerprint density at radius 2 is 1.91 bits per heavy atom. The van der Waals surface area contributed by atoms with Crippen molar-refractivity contribution in [1.29, 1.82) is 0 Å². The number of carbonyl (C=O) groups is 1. The van der Waals surface area contributed by atoms with E-state index in [4.69, 9.17) is 4.74 Å². The van der Waals surface area contributed by atoms with E-state index in [1.807, 2.05) is 31.2 Å². The molecule has 1 aromatic carbocycles. The molecule has 2 unspecified atom stereocenters. The molecule has 0 aromatic heterocycles. The van der Waals surface area contributed by atoms with Crippen LogP contribution in [0.25, 0.3) is 0 Å². The highest BCUT2D eigenvalue weighted by molar-refractivity contribution is 5.93. The number of rotatable bonds is 5. The maximum atomic E-state index is 12.3. The van der Waals surface area contributed by atoms with Crippen LogP contribution in [-0.2, 0) is 4.79 Å². The molecule has 1 aliphatic carbocycles. The van der Waals surface area contributed by atoms with Crippen LogP contribution in [0.4, 0.5) is 5.69 Å². The first-order valence-electron chi connectivity index (χ1n) is 8.50. The van der Waals surface area contributed by atoms with Crippen LogP contribution in [0.2, 0.25) is 0 Å². The first-order chi connectivity index (χ1) is 10.8. The Labute approximate surface area is 132 Å². The molecule has 1 aliphatic heterocycles. The summed E-state index contributed by atoms with van der Waals surface area (Å²) in [6.45, 7) is 5.22. The number of nitrogens with zero attached hydrogens (tertiary/aromatic N) is 1. The third-order valence-electron chi connectivity index (χ3n) is 4.88. The van der Waals surface area contributed by atoms with Crippen LogP contribution < -0.4 is 10.1 Å². The molecule has 0 radical (unpaired) electrons. The van der Waals surface area contributed by atoms with E-state index in [2.05, 4.69) is 10.2 Å². The van der Waals surface area contributed by atoms with E-state index < -0.39 is 0 Å². The summed E-state index contributed by atoms with van der Waals surface area (Å²) < 4.78 is 5.56. The van der Waals surface area contributed by atoms with Gasteiger partial charge in [0.05, 0.1) is 18.8 Å². The summed E-state index contributed by atoms with van der Waals surface area (Å²) in [5.74, 6) is 2.44. The number of ether oxygens (including phenoxy) is 1. The molecule has 1 saturated heterocycles. The van der Waals surface area contributed by atoms with Gasteiger partial charge >= 0.3 is 0 Å². The quantitative estimate of drug-likeness (QED) is 0.908. The fourth-order valence-electron chi connectivity index (χ4n) is 3.88. The Kier molecular flexibility index (Phi) is 4.98. The lowest BCUT2D eigenvalue weighted by Crippen LogP contribution is -2.32. The van der Waals surface area contributed by atoms with Gasteiger partial charge in [0.25, 0.3) is 0 Å². The van der Waals surface area contributed by atoms with E-state index in [1.54, 1.807) is 0 Å². The smallest absolute Gasteiger partial charge is 0.238 e. The van der Waals surface area contributed by atoms with Gasteiger partial charge in [-0.1, -0.05) is 25.0 Å². The van der Waals surface area contributed by atoms with E-state index >= 15 is 0 Å². The number of fused-ring (bicyclic) bond motifs is 1. The highest BCUT2D eigenvalue weighted by atomic mass is 16.5. The molecule has 1 amide bonds. The van der Waals surface area contributed by atoms with Gasteiger partial charge in [-0.2, -0.15) is 0 Å². The van der Waals surface area contributed by atoms with Crippen LogP contribution in [0.15, 0.2) is 24.3 Å². The van der Waals surface area contributed by atoms with E-state index in [9.17, 15) is 4.79 Å². The molecule has 0 spiro atoms. The van der Waals surface area contributed by atoms with E-state index in [1.165, 1.54) is 25.7 Å². The van der Waals surface area contributed by atoms with E-state index in [0.29, 0.717) is 13.2 Å². The Balaban J connectivity index is 1.55. The number of benzene rings is 1. The average Bonchev–Trinajstić information content (AvgIpc) is 2.91. The highest BCUT2D eigenvalue weighted by Crippen LogP contribution is 2.35. The summed E-state index contributed by atoms with van der Waals surface area (Å²) in [5, 5.41) is 3.00. The van der Waals surface area contributed by atoms with Crippen molar-refractivity contribution in [2.45, 2.75) is 32.6 Å². The van der Waals surface area contributed by atoms with Crippen molar-refractivity contribution >= 4 is 11.6 Å². The molecule has 3 rings (SSSR count). The summed E-state index contributed by atoms with van der Waals surface area (Å²) in [5.41, 5.74) is 0.769. The SMILES string of the molecule is CCOc1ccccc1NC(=O)CN1CC2CCCCC2C1. The summed E-state index contributed by atoms with van der Waals surface area (Å²) >= 11 is 0. The van der Waals surface area contributed by atoms with Crippen molar-refractivity contribution in [2.75, 3.05) is 31.6 Å². The van der Waals surface area contributed by atoms with Gasteiger partial charge in [0.2, 0.25) is 5.91 Å². The van der Waals surface area contributed by atoms with Gasteiger partial charge in [0.1, 0.15) is 5.75 Å². The van der Waals surface area contributed by atoms with Gasteiger partial charge in [-0.05, 0) is 43.7 Å². The minimum absolute atomic E-state index is 0.0609. The lowest BCUT2D eigenvalue weighted by atomic mass is 9.82. The third kappa shape index (κ3) is 3.61. The Morgan fingerprint density at radius 1 is 1.23 bits per heavy atom. The number of hydrogen-bond acceptors (Lipinski definition) is 3. The van der Waals surface area contributed by atoms with Gasteiger partial charge < -0.3 is 10.1 Å². The minimum Gasteiger partial charge on any atom is -0.492 e. The molecule has 0 bridgehead atoms. The Bertz CT molecular complexity index is 504. The average molecular weight is 302 g/mol. The molecule has 2 atom stereocenters. The first-order valence-corrected chi connectivity index (χ1v) is 8.50. The second kappa shape index (κ2) is 7.14. The molecule has 1 N–H and O–H groups in total. The van der Waals surface area contributed by atoms with Crippen molar-refractivity contribution < 1.29 is 9.53 Å². The first kappa shape index (κ1) is 15.3. The zero-order valence-electron chi connectivity index (χ0n) is 13.4. The van der Waals surface area contributed by atoms with Crippen LogP contribution in [0.1, 0.15) is 32.6 Å². The van der Waals surface area contributed by atoms with Gasteiger partial charge in [0, 0.05) is 13.1 Å². The zero-order chi connectivity index (χ0) is 15.4. The summed E-state index contributed by atoms with van der Waals surface area (Å²) in [4.78, 5) is 14.6. The number of amides is 1. The topological polar surface area (TPSA) is 41.6 Å². The van der Waals surface area contributed by atoms with Gasteiger partial charge in [-0.15, -0.1) is 0 Å². The molecule has 4 nitrogen and oxygen atoms in total. The zero-order valence-corrected chi connectivity index (χ0v) is 13.4. The van der Waals surface area contributed by atoms with Crippen LogP contribution in [0, 0.1) is 11.8 Å². The highest BCUT2D eigenvalue weighted by Gasteiger charge is 2.34. The molecular weight excluding hydrogens is 276 g/mol. The molecule has 1 aromatic rings. The van der Waals surface area contributed by atoms with Crippen LogP contribution in [-0.4, -0.2) is 37.0 Å². The lowest BCUT2D eigenvalue weighted by molar-refractivity contribution is -0.117. The van der Waals surface area contributed by atoms with Gasteiger partial charge in [-0.3, -0.25) is 9.69 Å². The summed E-state index contributed by atoms with van der Waals surface area (Å²) in [6.07, 6.45) is 5.41. The second-order valence-corrected chi connectivity index (χ2v) is 6.48. The van der Waals surface area contributed by atoms with Crippen molar-refractivity contribution in [3.05, 3.63) is 24.3 Å². The molecular formula is C18H26N2O2. The predicted molar refractivity (Wildman–Crippen MR) is 88.1 cm³/mol. The Morgan fingerprint density at radius 3 is 2.59 bits per heavy atom.